The number of rotatable bonds is 4. The number of carbonyl (C=O) groups is 2. The third-order valence-electron chi connectivity index (χ3n) is 4.10. The standard InChI is InChI=1S/C20H19NO3S/c1-4-24-20(23)17-12(2)13(3)25-19(17)21-18(22)16-10-9-14-7-5-6-8-15(14)11-16/h5-11H,4H2,1-3H3,(H,21,22). The molecule has 1 N–H and O–H groups in total. The van der Waals surface area contributed by atoms with Crippen LogP contribution < -0.4 is 5.32 Å². The van der Waals surface area contributed by atoms with Crippen LogP contribution in [0.2, 0.25) is 0 Å². The van der Waals surface area contributed by atoms with Crippen molar-refractivity contribution >= 4 is 39.0 Å². The molecule has 0 aliphatic carbocycles. The maximum absolute atomic E-state index is 12.7. The van der Waals surface area contributed by atoms with Gasteiger partial charge in [-0.1, -0.05) is 30.3 Å². The molecule has 0 saturated carbocycles. The number of esters is 1. The lowest BCUT2D eigenvalue weighted by atomic mass is 10.1. The Morgan fingerprint density at radius 3 is 2.52 bits per heavy atom. The molecule has 4 nitrogen and oxygen atoms in total. The van der Waals surface area contributed by atoms with E-state index in [-0.39, 0.29) is 5.91 Å². The van der Waals surface area contributed by atoms with Gasteiger partial charge in [-0.15, -0.1) is 11.3 Å². The number of thiophene rings is 1. The summed E-state index contributed by atoms with van der Waals surface area (Å²) >= 11 is 1.39. The largest absolute Gasteiger partial charge is 0.462 e. The monoisotopic (exact) mass is 353 g/mol. The van der Waals surface area contributed by atoms with Crippen LogP contribution in [-0.2, 0) is 4.74 Å². The topological polar surface area (TPSA) is 55.4 Å². The molecule has 1 aromatic heterocycles. The Kier molecular flexibility index (Phi) is 4.86. The van der Waals surface area contributed by atoms with Gasteiger partial charge < -0.3 is 10.1 Å². The number of aryl methyl sites for hydroxylation is 1. The molecule has 0 unspecified atom stereocenters. The molecular weight excluding hydrogens is 334 g/mol. The van der Waals surface area contributed by atoms with Crippen LogP contribution in [0.3, 0.4) is 0 Å². The van der Waals surface area contributed by atoms with Crippen molar-refractivity contribution in [3.63, 3.8) is 0 Å². The number of ether oxygens (including phenoxy) is 1. The number of anilines is 1. The van der Waals surface area contributed by atoms with Crippen molar-refractivity contribution in [3.8, 4) is 0 Å². The van der Waals surface area contributed by atoms with E-state index in [1.54, 1.807) is 13.0 Å². The summed E-state index contributed by atoms with van der Waals surface area (Å²) in [5.74, 6) is -0.643. The summed E-state index contributed by atoms with van der Waals surface area (Å²) in [4.78, 5) is 25.9. The van der Waals surface area contributed by atoms with Gasteiger partial charge in [0.2, 0.25) is 0 Å². The predicted octanol–water partition coefficient (Wildman–Crippen LogP) is 4.95. The minimum Gasteiger partial charge on any atom is -0.462 e. The molecule has 0 atom stereocenters. The number of hydrogen-bond acceptors (Lipinski definition) is 4. The zero-order valence-electron chi connectivity index (χ0n) is 14.4. The zero-order valence-corrected chi connectivity index (χ0v) is 15.2. The van der Waals surface area contributed by atoms with Crippen LogP contribution in [0.5, 0.6) is 0 Å². The van der Waals surface area contributed by atoms with Crippen molar-refractivity contribution in [1.29, 1.82) is 0 Å². The van der Waals surface area contributed by atoms with Crippen LogP contribution >= 0.6 is 11.3 Å². The molecule has 1 heterocycles. The smallest absolute Gasteiger partial charge is 0.341 e. The molecule has 5 heteroatoms. The summed E-state index contributed by atoms with van der Waals surface area (Å²) in [5.41, 5.74) is 1.84. The van der Waals surface area contributed by atoms with Gasteiger partial charge in [-0.25, -0.2) is 4.79 Å². The first kappa shape index (κ1) is 17.2. The van der Waals surface area contributed by atoms with Crippen LogP contribution in [0, 0.1) is 13.8 Å². The Morgan fingerprint density at radius 2 is 1.80 bits per heavy atom. The number of benzene rings is 2. The quantitative estimate of drug-likeness (QED) is 0.675. The highest BCUT2D eigenvalue weighted by Crippen LogP contribution is 2.33. The van der Waals surface area contributed by atoms with Gasteiger partial charge in [0.1, 0.15) is 5.00 Å². The molecule has 2 aromatic carbocycles. The molecule has 3 rings (SSSR count). The molecule has 25 heavy (non-hydrogen) atoms. The van der Waals surface area contributed by atoms with E-state index in [1.807, 2.05) is 50.2 Å². The molecule has 0 spiro atoms. The molecule has 0 radical (unpaired) electrons. The van der Waals surface area contributed by atoms with Gasteiger partial charge in [-0.05, 0) is 49.2 Å². The summed E-state index contributed by atoms with van der Waals surface area (Å²) in [7, 11) is 0. The van der Waals surface area contributed by atoms with E-state index < -0.39 is 5.97 Å². The number of carbonyl (C=O) groups excluding carboxylic acids is 2. The molecule has 0 fully saturated rings. The number of nitrogens with one attached hydrogen (secondary N) is 1. The van der Waals surface area contributed by atoms with Crippen molar-refractivity contribution < 1.29 is 14.3 Å². The van der Waals surface area contributed by atoms with E-state index in [0.29, 0.717) is 22.7 Å². The average Bonchev–Trinajstić information content (AvgIpc) is 2.88. The molecule has 0 aliphatic rings. The van der Waals surface area contributed by atoms with Gasteiger partial charge in [0, 0.05) is 10.4 Å². The Labute approximate surface area is 150 Å². The zero-order chi connectivity index (χ0) is 18.0. The lowest BCUT2D eigenvalue weighted by Gasteiger charge is -2.08. The minimum absolute atomic E-state index is 0.238. The van der Waals surface area contributed by atoms with Crippen molar-refractivity contribution in [2.24, 2.45) is 0 Å². The molecule has 0 bridgehead atoms. The fourth-order valence-electron chi connectivity index (χ4n) is 2.67. The SMILES string of the molecule is CCOC(=O)c1c(NC(=O)c2ccc3ccccc3c2)sc(C)c1C. The second kappa shape index (κ2) is 7.07. The van der Waals surface area contributed by atoms with Crippen LogP contribution in [0.25, 0.3) is 10.8 Å². The minimum atomic E-state index is -0.404. The Morgan fingerprint density at radius 1 is 1.08 bits per heavy atom. The van der Waals surface area contributed by atoms with E-state index in [9.17, 15) is 9.59 Å². The van der Waals surface area contributed by atoms with Crippen LogP contribution in [0.15, 0.2) is 42.5 Å². The summed E-state index contributed by atoms with van der Waals surface area (Å²) in [6.07, 6.45) is 0. The van der Waals surface area contributed by atoms with E-state index in [4.69, 9.17) is 4.74 Å². The van der Waals surface area contributed by atoms with Crippen molar-refractivity contribution in [3.05, 3.63) is 64.0 Å². The highest BCUT2D eigenvalue weighted by Gasteiger charge is 2.22. The Hall–Kier alpha value is -2.66. The van der Waals surface area contributed by atoms with E-state index in [0.717, 1.165) is 21.2 Å². The molecular formula is C20H19NO3S. The highest BCUT2D eigenvalue weighted by molar-refractivity contribution is 7.16. The van der Waals surface area contributed by atoms with Crippen molar-refractivity contribution in [1.82, 2.24) is 0 Å². The first-order chi connectivity index (χ1) is 12.0. The second-order valence-electron chi connectivity index (χ2n) is 5.72. The van der Waals surface area contributed by atoms with Gasteiger partial charge in [0.05, 0.1) is 12.2 Å². The number of hydrogen-bond donors (Lipinski definition) is 1. The number of amides is 1. The Balaban J connectivity index is 1.92. The van der Waals surface area contributed by atoms with E-state index in [2.05, 4.69) is 5.32 Å². The first-order valence-electron chi connectivity index (χ1n) is 8.08. The predicted molar refractivity (Wildman–Crippen MR) is 102 cm³/mol. The van der Waals surface area contributed by atoms with Crippen molar-refractivity contribution in [2.75, 3.05) is 11.9 Å². The third kappa shape index (κ3) is 3.42. The fourth-order valence-corrected chi connectivity index (χ4v) is 3.71. The van der Waals surface area contributed by atoms with Gasteiger partial charge in [0.25, 0.3) is 5.91 Å². The van der Waals surface area contributed by atoms with Gasteiger partial charge in [-0.2, -0.15) is 0 Å². The van der Waals surface area contributed by atoms with Gasteiger partial charge in [0.15, 0.2) is 0 Å². The molecule has 128 valence electrons. The lowest BCUT2D eigenvalue weighted by Crippen LogP contribution is -2.14. The van der Waals surface area contributed by atoms with Crippen LogP contribution in [-0.4, -0.2) is 18.5 Å². The van der Waals surface area contributed by atoms with Crippen molar-refractivity contribution in [2.45, 2.75) is 20.8 Å². The van der Waals surface area contributed by atoms with Gasteiger partial charge >= 0.3 is 5.97 Å². The second-order valence-corrected chi connectivity index (χ2v) is 6.95. The molecule has 1 amide bonds. The Bertz CT molecular complexity index is 959. The molecule has 3 aromatic rings. The maximum atomic E-state index is 12.7. The van der Waals surface area contributed by atoms with E-state index >= 15 is 0 Å². The normalized spacial score (nSPS) is 10.7. The lowest BCUT2D eigenvalue weighted by molar-refractivity contribution is 0.0527. The van der Waals surface area contributed by atoms with E-state index in [1.165, 1.54) is 11.3 Å². The van der Waals surface area contributed by atoms with Crippen LogP contribution in [0.4, 0.5) is 5.00 Å². The van der Waals surface area contributed by atoms with Gasteiger partial charge in [-0.3, -0.25) is 4.79 Å². The highest BCUT2D eigenvalue weighted by atomic mass is 32.1. The maximum Gasteiger partial charge on any atom is 0.341 e. The number of fused-ring (bicyclic) bond motifs is 1. The summed E-state index contributed by atoms with van der Waals surface area (Å²) in [6.45, 7) is 5.85. The summed E-state index contributed by atoms with van der Waals surface area (Å²) < 4.78 is 5.12. The third-order valence-corrected chi connectivity index (χ3v) is 5.23. The molecule has 0 aliphatic heterocycles. The van der Waals surface area contributed by atoms with Crippen LogP contribution in [0.1, 0.15) is 38.1 Å². The first-order valence-corrected chi connectivity index (χ1v) is 8.90. The summed E-state index contributed by atoms with van der Waals surface area (Å²) in [6, 6.07) is 13.4. The average molecular weight is 353 g/mol. The fraction of sp³-hybridized carbons (Fsp3) is 0.200. The molecule has 0 saturated heterocycles. The summed E-state index contributed by atoms with van der Waals surface area (Å²) in [5, 5.41) is 5.48.